The van der Waals surface area contributed by atoms with Crippen LogP contribution in [0.4, 0.5) is 4.39 Å². The van der Waals surface area contributed by atoms with Crippen LogP contribution in [0.1, 0.15) is 32.1 Å². The average molecular weight is 297 g/mol. The standard InChI is InChI=1S/C14H14ClFN2O2/c15-13-14(20-10-4-2-1-3-5-10)17-11-7-6-9(16)8-12(11)18(13)19/h6-8,10H,1-5H2. The summed E-state index contributed by atoms with van der Waals surface area (Å²) in [7, 11) is 0. The van der Waals surface area contributed by atoms with Crippen molar-refractivity contribution in [3.05, 3.63) is 34.4 Å². The molecule has 0 saturated heterocycles. The molecule has 1 aromatic heterocycles. The summed E-state index contributed by atoms with van der Waals surface area (Å²) in [5.74, 6) is -0.367. The van der Waals surface area contributed by atoms with E-state index in [1.807, 2.05) is 0 Å². The Balaban J connectivity index is 1.98. The van der Waals surface area contributed by atoms with Gasteiger partial charge in [-0.15, -0.1) is 4.73 Å². The summed E-state index contributed by atoms with van der Waals surface area (Å²) in [6, 6.07) is 3.82. The van der Waals surface area contributed by atoms with Gasteiger partial charge in [-0.3, -0.25) is 0 Å². The number of ether oxygens (including phenoxy) is 1. The van der Waals surface area contributed by atoms with Crippen LogP contribution in [0.5, 0.6) is 5.88 Å². The van der Waals surface area contributed by atoms with Gasteiger partial charge in [0.2, 0.25) is 5.52 Å². The molecule has 106 valence electrons. The van der Waals surface area contributed by atoms with Crippen molar-refractivity contribution in [2.24, 2.45) is 0 Å². The molecular weight excluding hydrogens is 283 g/mol. The molecule has 0 unspecified atom stereocenters. The van der Waals surface area contributed by atoms with Crippen LogP contribution in [0.15, 0.2) is 18.2 Å². The van der Waals surface area contributed by atoms with Crippen LogP contribution in [0.25, 0.3) is 11.0 Å². The number of rotatable bonds is 2. The van der Waals surface area contributed by atoms with Gasteiger partial charge in [-0.05, 0) is 49.4 Å². The fourth-order valence-corrected chi connectivity index (χ4v) is 2.70. The Morgan fingerprint density at radius 2 is 2.05 bits per heavy atom. The molecule has 1 fully saturated rings. The largest absolute Gasteiger partial charge is 0.617 e. The normalized spacial score (nSPS) is 16.5. The number of fused-ring (bicyclic) bond motifs is 1. The predicted octanol–water partition coefficient (Wildman–Crippen LogP) is 3.37. The first kappa shape index (κ1) is 13.4. The molecule has 3 rings (SSSR count). The lowest BCUT2D eigenvalue weighted by molar-refractivity contribution is -0.575. The molecule has 0 N–H and O–H groups in total. The molecule has 2 aromatic rings. The van der Waals surface area contributed by atoms with Crippen LogP contribution < -0.4 is 9.47 Å². The second-order valence-corrected chi connectivity index (χ2v) is 5.37. The molecule has 6 heteroatoms. The van der Waals surface area contributed by atoms with Crippen LogP contribution in [0.2, 0.25) is 5.15 Å². The highest BCUT2D eigenvalue weighted by Crippen LogP contribution is 2.27. The summed E-state index contributed by atoms with van der Waals surface area (Å²) in [6.45, 7) is 0. The molecule has 0 bridgehead atoms. The van der Waals surface area contributed by atoms with Crippen molar-refractivity contribution in [1.29, 1.82) is 0 Å². The first-order valence-electron chi connectivity index (χ1n) is 6.70. The summed E-state index contributed by atoms with van der Waals surface area (Å²) in [5.41, 5.74) is 0.475. The van der Waals surface area contributed by atoms with Gasteiger partial charge < -0.3 is 9.94 Å². The Bertz CT molecular complexity index is 645. The van der Waals surface area contributed by atoms with Crippen LogP contribution in [0.3, 0.4) is 0 Å². The Morgan fingerprint density at radius 3 is 2.80 bits per heavy atom. The van der Waals surface area contributed by atoms with Gasteiger partial charge in [0.25, 0.3) is 0 Å². The third-order valence-electron chi connectivity index (χ3n) is 3.56. The van der Waals surface area contributed by atoms with E-state index >= 15 is 0 Å². The quantitative estimate of drug-likeness (QED) is 0.630. The zero-order valence-corrected chi connectivity index (χ0v) is 11.6. The average Bonchev–Trinajstić information content (AvgIpc) is 2.46. The number of hydrogen-bond donors (Lipinski definition) is 0. The van der Waals surface area contributed by atoms with E-state index in [2.05, 4.69) is 4.98 Å². The van der Waals surface area contributed by atoms with E-state index in [0.29, 0.717) is 10.2 Å². The number of nitrogens with zero attached hydrogens (tertiary/aromatic N) is 2. The third-order valence-corrected chi connectivity index (χ3v) is 3.88. The van der Waals surface area contributed by atoms with E-state index in [1.54, 1.807) is 0 Å². The molecular formula is C14H14ClFN2O2. The van der Waals surface area contributed by atoms with Crippen LogP contribution in [-0.2, 0) is 0 Å². The highest BCUT2D eigenvalue weighted by molar-refractivity contribution is 6.29. The van der Waals surface area contributed by atoms with Crippen molar-refractivity contribution in [1.82, 2.24) is 4.98 Å². The number of hydrogen-bond acceptors (Lipinski definition) is 3. The minimum Gasteiger partial charge on any atom is -0.617 e. The molecule has 0 spiro atoms. The van der Waals surface area contributed by atoms with E-state index in [9.17, 15) is 9.60 Å². The molecule has 0 aliphatic heterocycles. The zero-order chi connectivity index (χ0) is 14.1. The van der Waals surface area contributed by atoms with Crippen LogP contribution in [0, 0.1) is 11.0 Å². The van der Waals surface area contributed by atoms with Gasteiger partial charge in [0.15, 0.2) is 0 Å². The van der Waals surface area contributed by atoms with Gasteiger partial charge in [0.1, 0.15) is 17.4 Å². The second-order valence-electron chi connectivity index (χ2n) is 5.01. The van der Waals surface area contributed by atoms with Gasteiger partial charge in [0, 0.05) is 6.07 Å². The lowest BCUT2D eigenvalue weighted by Gasteiger charge is -2.22. The van der Waals surface area contributed by atoms with Crippen molar-refractivity contribution >= 4 is 22.6 Å². The van der Waals surface area contributed by atoms with E-state index < -0.39 is 5.82 Å². The van der Waals surface area contributed by atoms with Gasteiger partial charge in [0.05, 0.1) is 0 Å². The first-order valence-corrected chi connectivity index (χ1v) is 7.08. The van der Waals surface area contributed by atoms with Crippen LogP contribution >= 0.6 is 11.6 Å². The molecule has 1 saturated carbocycles. The van der Waals surface area contributed by atoms with E-state index in [1.165, 1.54) is 18.6 Å². The maximum atomic E-state index is 13.2. The summed E-state index contributed by atoms with van der Waals surface area (Å²) < 4.78 is 19.4. The lowest BCUT2D eigenvalue weighted by Crippen LogP contribution is -2.31. The third kappa shape index (κ3) is 2.50. The topological polar surface area (TPSA) is 49.1 Å². The molecule has 20 heavy (non-hydrogen) atoms. The summed E-state index contributed by atoms with van der Waals surface area (Å²) in [4.78, 5) is 4.23. The monoisotopic (exact) mass is 296 g/mol. The van der Waals surface area contributed by atoms with Gasteiger partial charge >= 0.3 is 11.0 Å². The minimum atomic E-state index is -0.499. The molecule has 0 atom stereocenters. The molecule has 4 nitrogen and oxygen atoms in total. The number of aromatic nitrogens is 2. The van der Waals surface area contributed by atoms with Crippen molar-refractivity contribution in [2.75, 3.05) is 0 Å². The predicted molar refractivity (Wildman–Crippen MR) is 73.2 cm³/mol. The van der Waals surface area contributed by atoms with Crippen LogP contribution in [-0.4, -0.2) is 11.1 Å². The summed E-state index contributed by atoms with van der Waals surface area (Å²) in [6.07, 6.45) is 5.36. The van der Waals surface area contributed by atoms with Gasteiger partial charge in [-0.2, -0.15) is 0 Å². The maximum absolute atomic E-state index is 13.2. The Morgan fingerprint density at radius 1 is 1.30 bits per heavy atom. The SMILES string of the molecule is [O-][n+]1c(Cl)c(OC2CCCCC2)nc2ccc(F)cc21. The minimum absolute atomic E-state index is 0.0478. The molecule has 1 heterocycles. The summed E-state index contributed by atoms with van der Waals surface area (Å²) in [5, 5.41) is 11.9. The number of halogens is 2. The van der Waals surface area contributed by atoms with E-state index in [0.717, 1.165) is 31.7 Å². The van der Waals surface area contributed by atoms with Crippen molar-refractivity contribution in [3.8, 4) is 5.88 Å². The molecule has 0 amide bonds. The molecule has 1 aromatic carbocycles. The highest BCUT2D eigenvalue weighted by Gasteiger charge is 2.23. The molecule has 0 radical (unpaired) electrons. The Kier molecular flexibility index (Phi) is 3.61. The smallest absolute Gasteiger partial charge is 0.350 e. The van der Waals surface area contributed by atoms with Gasteiger partial charge in [-0.1, -0.05) is 6.42 Å². The number of benzene rings is 1. The second kappa shape index (κ2) is 5.40. The summed E-state index contributed by atoms with van der Waals surface area (Å²) >= 11 is 5.98. The van der Waals surface area contributed by atoms with Crippen molar-refractivity contribution in [3.63, 3.8) is 0 Å². The fourth-order valence-electron chi connectivity index (χ4n) is 2.52. The first-order chi connectivity index (χ1) is 9.65. The van der Waals surface area contributed by atoms with Crippen molar-refractivity contribution in [2.45, 2.75) is 38.2 Å². The zero-order valence-electron chi connectivity index (χ0n) is 10.8. The molecule has 1 aliphatic carbocycles. The fraction of sp³-hybridized carbons (Fsp3) is 0.429. The maximum Gasteiger partial charge on any atom is 0.350 e. The van der Waals surface area contributed by atoms with Gasteiger partial charge in [-0.25, -0.2) is 9.37 Å². The highest BCUT2D eigenvalue weighted by atomic mass is 35.5. The Labute approximate surface area is 120 Å². The molecule has 1 aliphatic rings. The van der Waals surface area contributed by atoms with Crippen molar-refractivity contribution < 1.29 is 13.9 Å². The Hall–Kier alpha value is -1.62. The van der Waals surface area contributed by atoms with E-state index in [4.69, 9.17) is 16.3 Å². The van der Waals surface area contributed by atoms with E-state index in [-0.39, 0.29) is 22.7 Å². The lowest BCUT2D eigenvalue weighted by atomic mass is 9.98.